The average molecular weight is 335 g/mol. The second-order valence-electron chi connectivity index (χ2n) is 5.96. The summed E-state index contributed by atoms with van der Waals surface area (Å²) >= 11 is 0. The lowest BCUT2D eigenvalue weighted by Gasteiger charge is -2.21. The summed E-state index contributed by atoms with van der Waals surface area (Å²) in [5.74, 6) is 1.91. The number of hydrogen-bond donors (Lipinski definition) is 3. The van der Waals surface area contributed by atoms with Crippen LogP contribution < -0.4 is 10.6 Å². The van der Waals surface area contributed by atoms with Crippen molar-refractivity contribution in [3.63, 3.8) is 0 Å². The summed E-state index contributed by atoms with van der Waals surface area (Å²) in [7, 11) is 0. The van der Waals surface area contributed by atoms with Crippen LogP contribution in [0.15, 0.2) is 21.1 Å². The minimum atomic E-state index is -1.27. The molecule has 0 radical (unpaired) electrons. The molecule has 7 heteroatoms. The van der Waals surface area contributed by atoms with Gasteiger partial charge in [0.25, 0.3) is 0 Å². The highest BCUT2D eigenvalue weighted by Crippen LogP contribution is 2.22. The largest absolute Gasteiger partial charge is 0.463 e. The summed E-state index contributed by atoms with van der Waals surface area (Å²) in [5, 5.41) is 19.8. The van der Waals surface area contributed by atoms with Crippen LogP contribution in [0.1, 0.15) is 49.3 Å². The van der Waals surface area contributed by atoms with Crippen LogP contribution in [0.4, 0.5) is 4.79 Å². The molecule has 2 aromatic rings. The first-order chi connectivity index (χ1) is 11.4. The number of rotatable bonds is 7. The van der Waals surface area contributed by atoms with Gasteiger partial charge in [-0.05, 0) is 32.4 Å². The molecule has 0 aliphatic rings. The first-order valence-electron chi connectivity index (χ1n) is 8.14. The number of hydrogen-bond acceptors (Lipinski definition) is 5. The molecule has 0 saturated carbocycles. The standard InChI is InChI=1S/C17H25N3O4/c1-5-13-12(14(6-2)24-20-13)9-18-16(21)19-10-17(4,22)15-8-7-11(3)23-15/h7-8,22H,5-6,9-10H2,1-4H3,(H2,18,19,21). The molecule has 24 heavy (non-hydrogen) atoms. The Morgan fingerprint density at radius 2 is 2.04 bits per heavy atom. The third kappa shape index (κ3) is 4.17. The monoisotopic (exact) mass is 335 g/mol. The van der Waals surface area contributed by atoms with E-state index in [1.807, 2.05) is 13.8 Å². The summed E-state index contributed by atoms with van der Waals surface area (Å²) in [6.45, 7) is 7.74. The maximum Gasteiger partial charge on any atom is 0.315 e. The topological polar surface area (TPSA) is 101 Å². The molecule has 1 atom stereocenters. The van der Waals surface area contributed by atoms with E-state index >= 15 is 0 Å². The maximum atomic E-state index is 12.0. The van der Waals surface area contributed by atoms with Crippen molar-refractivity contribution in [2.75, 3.05) is 6.54 Å². The highest BCUT2D eigenvalue weighted by Gasteiger charge is 2.27. The van der Waals surface area contributed by atoms with Gasteiger partial charge in [0.15, 0.2) is 0 Å². The molecule has 3 N–H and O–H groups in total. The van der Waals surface area contributed by atoms with Gasteiger partial charge >= 0.3 is 6.03 Å². The molecule has 0 fully saturated rings. The van der Waals surface area contributed by atoms with Crippen molar-refractivity contribution in [2.24, 2.45) is 0 Å². The lowest BCUT2D eigenvalue weighted by Crippen LogP contribution is -2.43. The van der Waals surface area contributed by atoms with Gasteiger partial charge in [0.2, 0.25) is 0 Å². The van der Waals surface area contributed by atoms with E-state index in [0.717, 1.165) is 29.9 Å². The molecule has 0 aliphatic carbocycles. The maximum absolute atomic E-state index is 12.0. The normalized spacial score (nSPS) is 13.5. The van der Waals surface area contributed by atoms with Crippen molar-refractivity contribution < 1.29 is 18.8 Å². The van der Waals surface area contributed by atoms with Gasteiger partial charge in [-0.25, -0.2) is 4.79 Å². The van der Waals surface area contributed by atoms with Gasteiger partial charge in [0.05, 0.1) is 12.2 Å². The Morgan fingerprint density at radius 3 is 2.62 bits per heavy atom. The molecule has 132 valence electrons. The number of carbonyl (C=O) groups is 1. The van der Waals surface area contributed by atoms with Gasteiger partial charge in [-0.15, -0.1) is 0 Å². The average Bonchev–Trinajstić information content (AvgIpc) is 3.16. The summed E-state index contributed by atoms with van der Waals surface area (Å²) < 4.78 is 10.7. The Hall–Kier alpha value is -2.28. The molecule has 2 heterocycles. The fraction of sp³-hybridized carbons (Fsp3) is 0.529. The van der Waals surface area contributed by atoms with E-state index in [-0.39, 0.29) is 12.6 Å². The number of amides is 2. The molecule has 2 aromatic heterocycles. The molecule has 0 saturated heterocycles. The molecular weight excluding hydrogens is 310 g/mol. The number of aromatic nitrogens is 1. The van der Waals surface area contributed by atoms with Crippen LogP contribution in [0.25, 0.3) is 0 Å². The van der Waals surface area contributed by atoms with Gasteiger partial charge in [-0.2, -0.15) is 0 Å². The third-order valence-corrected chi connectivity index (χ3v) is 3.90. The molecule has 7 nitrogen and oxygen atoms in total. The molecule has 0 bridgehead atoms. The number of urea groups is 1. The van der Waals surface area contributed by atoms with E-state index in [1.54, 1.807) is 26.0 Å². The number of aryl methyl sites for hydroxylation is 3. The van der Waals surface area contributed by atoms with E-state index in [1.165, 1.54) is 0 Å². The fourth-order valence-corrected chi connectivity index (χ4v) is 2.43. The van der Waals surface area contributed by atoms with Gasteiger partial charge < -0.3 is 24.7 Å². The number of carbonyl (C=O) groups excluding carboxylic acids is 1. The van der Waals surface area contributed by atoms with Crippen LogP contribution in [0.3, 0.4) is 0 Å². The lowest BCUT2D eigenvalue weighted by atomic mass is 10.0. The number of nitrogens with one attached hydrogen (secondary N) is 2. The first kappa shape index (κ1) is 18.1. The van der Waals surface area contributed by atoms with Crippen LogP contribution in [0.2, 0.25) is 0 Å². The Morgan fingerprint density at radius 1 is 1.29 bits per heavy atom. The van der Waals surface area contributed by atoms with Gasteiger partial charge in [-0.3, -0.25) is 0 Å². The van der Waals surface area contributed by atoms with Crippen molar-refractivity contribution in [3.8, 4) is 0 Å². The zero-order chi connectivity index (χ0) is 17.7. The Kier molecular flexibility index (Phi) is 5.66. The lowest BCUT2D eigenvalue weighted by molar-refractivity contribution is 0.0359. The quantitative estimate of drug-likeness (QED) is 0.721. The van der Waals surface area contributed by atoms with E-state index < -0.39 is 5.60 Å². The summed E-state index contributed by atoms with van der Waals surface area (Å²) in [6, 6.07) is 3.10. The third-order valence-electron chi connectivity index (χ3n) is 3.90. The van der Waals surface area contributed by atoms with E-state index in [9.17, 15) is 9.90 Å². The summed E-state index contributed by atoms with van der Waals surface area (Å²) in [6.07, 6.45) is 1.47. The van der Waals surface area contributed by atoms with Crippen LogP contribution >= 0.6 is 0 Å². The molecule has 0 spiro atoms. The Labute approximate surface area is 141 Å². The highest BCUT2D eigenvalue weighted by molar-refractivity contribution is 5.74. The van der Waals surface area contributed by atoms with Crippen LogP contribution in [-0.2, 0) is 25.0 Å². The summed E-state index contributed by atoms with van der Waals surface area (Å²) in [4.78, 5) is 12.0. The van der Waals surface area contributed by atoms with E-state index in [4.69, 9.17) is 8.94 Å². The molecule has 0 aliphatic heterocycles. The second-order valence-corrected chi connectivity index (χ2v) is 5.96. The van der Waals surface area contributed by atoms with Crippen molar-refractivity contribution in [2.45, 2.75) is 52.7 Å². The highest BCUT2D eigenvalue weighted by atomic mass is 16.5. The molecule has 2 amide bonds. The van der Waals surface area contributed by atoms with Crippen LogP contribution in [0, 0.1) is 6.92 Å². The van der Waals surface area contributed by atoms with E-state index in [0.29, 0.717) is 18.1 Å². The zero-order valence-electron chi connectivity index (χ0n) is 14.6. The molecular formula is C17H25N3O4. The predicted octanol–water partition coefficient (Wildman–Crippen LogP) is 2.41. The summed E-state index contributed by atoms with van der Waals surface area (Å²) in [5.41, 5.74) is 0.500. The number of aliphatic hydroxyl groups is 1. The second kappa shape index (κ2) is 7.53. The Bertz CT molecular complexity index is 666. The van der Waals surface area contributed by atoms with Gasteiger partial charge in [-0.1, -0.05) is 19.0 Å². The fourth-order valence-electron chi connectivity index (χ4n) is 2.43. The van der Waals surface area contributed by atoms with Crippen LogP contribution in [-0.4, -0.2) is 22.8 Å². The van der Waals surface area contributed by atoms with Crippen molar-refractivity contribution in [1.82, 2.24) is 15.8 Å². The van der Waals surface area contributed by atoms with E-state index in [2.05, 4.69) is 15.8 Å². The Balaban J connectivity index is 1.89. The minimum absolute atomic E-state index is 0.0384. The van der Waals surface area contributed by atoms with Crippen molar-refractivity contribution in [1.29, 1.82) is 0 Å². The number of furan rings is 1. The SMILES string of the molecule is CCc1noc(CC)c1CNC(=O)NCC(C)(O)c1ccc(C)o1. The minimum Gasteiger partial charge on any atom is -0.463 e. The van der Waals surface area contributed by atoms with Crippen molar-refractivity contribution >= 4 is 6.03 Å². The first-order valence-corrected chi connectivity index (χ1v) is 8.14. The van der Waals surface area contributed by atoms with Gasteiger partial charge in [0.1, 0.15) is 22.9 Å². The molecule has 1 unspecified atom stereocenters. The molecule has 2 rings (SSSR count). The zero-order valence-corrected chi connectivity index (χ0v) is 14.6. The van der Waals surface area contributed by atoms with Crippen molar-refractivity contribution in [3.05, 3.63) is 40.7 Å². The van der Waals surface area contributed by atoms with Gasteiger partial charge in [0, 0.05) is 18.5 Å². The predicted molar refractivity (Wildman–Crippen MR) is 88.5 cm³/mol. The number of nitrogens with zero attached hydrogens (tertiary/aromatic N) is 1. The molecule has 0 aromatic carbocycles. The van der Waals surface area contributed by atoms with Crippen LogP contribution in [0.5, 0.6) is 0 Å². The smallest absolute Gasteiger partial charge is 0.315 e.